The number of carbonyl (C=O) groups is 1. The molecule has 1 saturated heterocycles. The Morgan fingerprint density at radius 3 is 2.70 bits per heavy atom. The Labute approximate surface area is 143 Å². The second kappa shape index (κ2) is 9.80. The highest BCUT2D eigenvalue weighted by Gasteiger charge is 2.21. The van der Waals surface area contributed by atoms with Gasteiger partial charge in [0.25, 0.3) is 0 Å². The van der Waals surface area contributed by atoms with Crippen LogP contribution in [0, 0.1) is 0 Å². The van der Waals surface area contributed by atoms with Gasteiger partial charge in [-0.2, -0.15) is 0 Å². The molecule has 128 valence electrons. The zero-order valence-corrected chi connectivity index (χ0v) is 14.8. The SMILES string of the molecule is CCN(CC)CCOc1ccc(CNC(=O)C2CSCN2)cc1. The van der Waals surface area contributed by atoms with Crippen LogP contribution in [0.3, 0.4) is 0 Å². The molecule has 23 heavy (non-hydrogen) atoms. The standard InChI is InChI=1S/C17H27N3O2S/c1-3-20(4-2)9-10-22-15-7-5-14(6-8-15)11-18-17(21)16-12-23-13-19-16/h5-8,16,19H,3-4,9-13H2,1-2H3,(H,18,21). The molecular weight excluding hydrogens is 310 g/mol. The van der Waals surface area contributed by atoms with Crippen LogP contribution in [0.2, 0.25) is 0 Å². The van der Waals surface area contributed by atoms with E-state index in [1.165, 1.54) is 0 Å². The lowest BCUT2D eigenvalue weighted by Gasteiger charge is -2.18. The van der Waals surface area contributed by atoms with E-state index in [4.69, 9.17) is 4.74 Å². The van der Waals surface area contributed by atoms with E-state index in [0.717, 1.165) is 42.6 Å². The summed E-state index contributed by atoms with van der Waals surface area (Å²) in [6.07, 6.45) is 0. The lowest BCUT2D eigenvalue weighted by atomic mass is 10.2. The number of hydrogen-bond donors (Lipinski definition) is 2. The van der Waals surface area contributed by atoms with Gasteiger partial charge in [-0.05, 0) is 30.8 Å². The summed E-state index contributed by atoms with van der Waals surface area (Å²) in [6.45, 7) is 8.61. The molecule has 0 aromatic heterocycles. The molecular formula is C17H27N3O2S. The topological polar surface area (TPSA) is 53.6 Å². The molecule has 1 aliphatic rings. The minimum Gasteiger partial charge on any atom is -0.492 e. The zero-order valence-electron chi connectivity index (χ0n) is 14.0. The summed E-state index contributed by atoms with van der Waals surface area (Å²) in [5.74, 6) is 2.67. The second-order valence-electron chi connectivity index (χ2n) is 5.51. The maximum Gasteiger partial charge on any atom is 0.238 e. The average molecular weight is 337 g/mol. The number of hydrogen-bond acceptors (Lipinski definition) is 5. The smallest absolute Gasteiger partial charge is 0.238 e. The summed E-state index contributed by atoms with van der Waals surface area (Å²) >= 11 is 1.75. The molecule has 1 heterocycles. The van der Waals surface area contributed by atoms with Crippen molar-refractivity contribution in [1.82, 2.24) is 15.5 Å². The fraction of sp³-hybridized carbons (Fsp3) is 0.588. The highest BCUT2D eigenvalue weighted by molar-refractivity contribution is 7.99. The highest BCUT2D eigenvalue weighted by Crippen LogP contribution is 2.13. The van der Waals surface area contributed by atoms with Gasteiger partial charge in [-0.1, -0.05) is 26.0 Å². The normalized spacial score (nSPS) is 17.4. The lowest BCUT2D eigenvalue weighted by Crippen LogP contribution is -2.41. The van der Waals surface area contributed by atoms with Gasteiger partial charge in [-0.3, -0.25) is 10.1 Å². The number of likely N-dealkylation sites (N-methyl/N-ethyl adjacent to an activating group) is 1. The minimum atomic E-state index is -0.0531. The monoisotopic (exact) mass is 337 g/mol. The zero-order chi connectivity index (χ0) is 16.5. The van der Waals surface area contributed by atoms with Gasteiger partial charge in [0.2, 0.25) is 5.91 Å². The molecule has 0 bridgehead atoms. The quantitative estimate of drug-likeness (QED) is 0.718. The van der Waals surface area contributed by atoms with Gasteiger partial charge < -0.3 is 15.0 Å². The van der Waals surface area contributed by atoms with Crippen molar-refractivity contribution in [3.05, 3.63) is 29.8 Å². The largest absolute Gasteiger partial charge is 0.492 e. The molecule has 0 radical (unpaired) electrons. The Bertz CT molecular complexity index is 471. The number of benzene rings is 1. The number of ether oxygens (including phenoxy) is 1. The van der Waals surface area contributed by atoms with Crippen molar-refractivity contribution in [2.45, 2.75) is 26.4 Å². The van der Waals surface area contributed by atoms with Gasteiger partial charge in [-0.15, -0.1) is 11.8 Å². The van der Waals surface area contributed by atoms with Crippen molar-refractivity contribution in [3.63, 3.8) is 0 Å². The first-order valence-electron chi connectivity index (χ1n) is 8.25. The molecule has 1 aliphatic heterocycles. The molecule has 2 rings (SSSR count). The van der Waals surface area contributed by atoms with Gasteiger partial charge >= 0.3 is 0 Å². The number of carbonyl (C=O) groups excluding carboxylic acids is 1. The number of nitrogens with one attached hydrogen (secondary N) is 2. The van der Waals surface area contributed by atoms with Crippen LogP contribution in [0.25, 0.3) is 0 Å². The molecule has 2 N–H and O–H groups in total. The lowest BCUT2D eigenvalue weighted by molar-refractivity contribution is -0.122. The molecule has 1 unspecified atom stereocenters. The number of amides is 1. The summed E-state index contributed by atoms with van der Waals surface area (Å²) in [5.41, 5.74) is 1.08. The molecule has 1 aromatic rings. The molecule has 1 amide bonds. The van der Waals surface area contributed by atoms with Crippen LogP contribution >= 0.6 is 11.8 Å². The first kappa shape index (κ1) is 18.1. The third-order valence-electron chi connectivity index (χ3n) is 3.99. The van der Waals surface area contributed by atoms with Gasteiger partial charge in [0.1, 0.15) is 12.4 Å². The minimum absolute atomic E-state index is 0.0531. The third-order valence-corrected chi connectivity index (χ3v) is 4.93. The fourth-order valence-electron chi connectivity index (χ4n) is 2.41. The van der Waals surface area contributed by atoms with Gasteiger partial charge in [0.15, 0.2) is 0 Å². The van der Waals surface area contributed by atoms with Crippen LogP contribution in [0.4, 0.5) is 0 Å². The van der Waals surface area contributed by atoms with Crippen molar-refractivity contribution in [2.75, 3.05) is 37.9 Å². The van der Waals surface area contributed by atoms with Crippen LogP contribution in [0.15, 0.2) is 24.3 Å². The Kier molecular flexibility index (Phi) is 7.71. The van der Waals surface area contributed by atoms with Crippen LogP contribution in [0.5, 0.6) is 5.75 Å². The van der Waals surface area contributed by atoms with E-state index >= 15 is 0 Å². The molecule has 0 saturated carbocycles. The highest BCUT2D eigenvalue weighted by atomic mass is 32.2. The van der Waals surface area contributed by atoms with E-state index in [-0.39, 0.29) is 11.9 Å². The Morgan fingerprint density at radius 2 is 2.09 bits per heavy atom. The van der Waals surface area contributed by atoms with Crippen LogP contribution in [0.1, 0.15) is 19.4 Å². The van der Waals surface area contributed by atoms with Gasteiger partial charge in [0, 0.05) is 24.7 Å². The number of nitrogens with zero attached hydrogens (tertiary/aromatic N) is 1. The Hall–Kier alpha value is -1.24. The summed E-state index contributed by atoms with van der Waals surface area (Å²) in [7, 11) is 0. The summed E-state index contributed by atoms with van der Waals surface area (Å²) < 4.78 is 5.76. The van der Waals surface area contributed by atoms with Gasteiger partial charge in [0.05, 0.1) is 6.04 Å². The average Bonchev–Trinajstić information content (AvgIpc) is 3.12. The van der Waals surface area contributed by atoms with Gasteiger partial charge in [-0.25, -0.2) is 0 Å². The van der Waals surface area contributed by atoms with E-state index in [0.29, 0.717) is 13.2 Å². The van der Waals surface area contributed by atoms with E-state index < -0.39 is 0 Å². The molecule has 5 nitrogen and oxygen atoms in total. The number of rotatable bonds is 9. The van der Waals surface area contributed by atoms with Crippen molar-refractivity contribution >= 4 is 17.7 Å². The molecule has 1 fully saturated rings. The Balaban J connectivity index is 1.70. The van der Waals surface area contributed by atoms with E-state index in [1.807, 2.05) is 24.3 Å². The van der Waals surface area contributed by atoms with Crippen molar-refractivity contribution in [2.24, 2.45) is 0 Å². The molecule has 1 atom stereocenters. The maximum absolute atomic E-state index is 11.9. The molecule has 0 spiro atoms. The van der Waals surface area contributed by atoms with E-state index in [9.17, 15) is 4.79 Å². The second-order valence-corrected chi connectivity index (χ2v) is 6.54. The van der Waals surface area contributed by atoms with Crippen molar-refractivity contribution in [3.8, 4) is 5.75 Å². The van der Waals surface area contributed by atoms with Crippen LogP contribution < -0.4 is 15.4 Å². The van der Waals surface area contributed by atoms with E-state index in [1.54, 1.807) is 11.8 Å². The first-order valence-corrected chi connectivity index (χ1v) is 9.41. The van der Waals surface area contributed by atoms with Crippen LogP contribution in [-0.4, -0.2) is 54.7 Å². The number of thioether (sulfide) groups is 1. The summed E-state index contributed by atoms with van der Waals surface area (Å²) in [5, 5.41) is 6.14. The fourth-order valence-corrected chi connectivity index (χ4v) is 3.35. The van der Waals surface area contributed by atoms with Crippen LogP contribution in [-0.2, 0) is 11.3 Å². The molecule has 6 heteroatoms. The summed E-state index contributed by atoms with van der Waals surface area (Å²) in [6, 6.07) is 7.89. The predicted molar refractivity (Wildman–Crippen MR) is 95.8 cm³/mol. The first-order chi connectivity index (χ1) is 11.2. The van der Waals surface area contributed by atoms with Crippen molar-refractivity contribution < 1.29 is 9.53 Å². The molecule has 0 aliphatic carbocycles. The third kappa shape index (κ3) is 6.05. The van der Waals surface area contributed by atoms with Crippen molar-refractivity contribution in [1.29, 1.82) is 0 Å². The Morgan fingerprint density at radius 1 is 1.35 bits per heavy atom. The van der Waals surface area contributed by atoms with E-state index in [2.05, 4.69) is 29.4 Å². The summed E-state index contributed by atoms with van der Waals surface area (Å²) in [4.78, 5) is 14.3. The molecule has 1 aromatic carbocycles. The predicted octanol–water partition coefficient (Wildman–Crippen LogP) is 1.69. The maximum atomic E-state index is 11.9.